The van der Waals surface area contributed by atoms with Gasteiger partial charge in [-0.25, -0.2) is 0 Å². The van der Waals surface area contributed by atoms with Crippen molar-refractivity contribution in [3.8, 4) is 61.7 Å². The fourth-order valence-electron chi connectivity index (χ4n) is 13.2. The molecule has 71 heavy (non-hydrogen) atoms. The zero-order valence-corrected chi connectivity index (χ0v) is 38.6. The van der Waals surface area contributed by atoms with Crippen LogP contribution in [0.2, 0.25) is 0 Å². The largest absolute Gasteiger partial charge is 0.458 e. The Bertz CT molecular complexity index is 4160. The van der Waals surface area contributed by atoms with Gasteiger partial charge in [-0.3, -0.25) is 0 Å². The molecule has 2 aliphatic carbocycles. The summed E-state index contributed by atoms with van der Waals surface area (Å²) in [6, 6.07) is 92.2. The maximum Gasteiger partial charge on any atom is 0.256 e. The van der Waals surface area contributed by atoms with Crippen LogP contribution in [0, 0.1) is 0 Å². The molecule has 3 heterocycles. The van der Waals surface area contributed by atoms with E-state index in [0.29, 0.717) is 0 Å². The van der Waals surface area contributed by atoms with Crippen LogP contribution >= 0.6 is 0 Å². The molecule has 3 nitrogen and oxygen atoms in total. The highest BCUT2D eigenvalue weighted by atomic mass is 16.5. The number of hydrogen-bond donors (Lipinski definition) is 0. The van der Waals surface area contributed by atoms with Gasteiger partial charge in [0.05, 0.1) is 16.4 Å². The second kappa shape index (κ2) is 14.5. The summed E-state index contributed by atoms with van der Waals surface area (Å²) >= 11 is 0. The van der Waals surface area contributed by atoms with Crippen LogP contribution in [0.4, 0.5) is 17.1 Å². The summed E-state index contributed by atoms with van der Waals surface area (Å²) in [6.45, 7) is -0.105. The summed E-state index contributed by atoms with van der Waals surface area (Å²) in [7, 11) is 0. The van der Waals surface area contributed by atoms with Crippen LogP contribution in [-0.2, 0) is 5.41 Å². The van der Waals surface area contributed by atoms with Gasteiger partial charge in [-0.2, -0.15) is 0 Å². The van der Waals surface area contributed by atoms with Gasteiger partial charge in [0.15, 0.2) is 0 Å². The molecule has 1 unspecified atom stereocenters. The van der Waals surface area contributed by atoms with Crippen LogP contribution in [0.5, 0.6) is 11.5 Å². The molecule has 4 heteroatoms. The fourth-order valence-corrected chi connectivity index (χ4v) is 13.2. The number of ether oxygens (including phenoxy) is 1. The molecule has 0 saturated heterocycles. The molecular weight excluding hydrogens is 860 g/mol. The van der Waals surface area contributed by atoms with Crippen molar-refractivity contribution < 1.29 is 4.74 Å². The first kappa shape index (κ1) is 38.8. The maximum absolute atomic E-state index is 7.55. The van der Waals surface area contributed by atoms with E-state index >= 15 is 0 Å². The highest BCUT2D eigenvalue weighted by Crippen LogP contribution is 2.63. The van der Waals surface area contributed by atoms with Crippen LogP contribution in [0.3, 0.4) is 0 Å². The average molecular weight is 901 g/mol. The topological polar surface area (TPSA) is 17.4 Å². The summed E-state index contributed by atoms with van der Waals surface area (Å²) in [6.07, 6.45) is 0. The van der Waals surface area contributed by atoms with Gasteiger partial charge < -0.3 is 14.2 Å². The molecule has 16 rings (SSSR count). The van der Waals surface area contributed by atoms with Crippen LogP contribution < -0.4 is 26.0 Å². The summed E-state index contributed by atoms with van der Waals surface area (Å²) in [5.41, 5.74) is 24.9. The molecule has 12 aromatic rings. The highest BCUT2D eigenvalue weighted by Gasteiger charge is 2.53. The van der Waals surface area contributed by atoms with E-state index in [4.69, 9.17) is 4.74 Å². The van der Waals surface area contributed by atoms with Crippen molar-refractivity contribution in [2.45, 2.75) is 5.41 Å². The van der Waals surface area contributed by atoms with Crippen molar-refractivity contribution in [3.63, 3.8) is 0 Å². The van der Waals surface area contributed by atoms with E-state index in [-0.39, 0.29) is 6.71 Å². The van der Waals surface area contributed by atoms with E-state index in [2.05, 4.69) is 258 Å². The smallest absolute Gasteiger partial charge is 0.256 e. The van der Waals surface area contributed by atoms with E-state index in [1.54, 1.807) is 0 Å². The monoisotopic (exact) mass is 900 g/mol. The molecule has 1 spiro atoms. The first-order chi connectivity index (χ1) is 35.2. The molecule has 4 aliphatic rings. The Morgan fingerprint density at radius 3 is 1.62 bits per heavy atom. The van der Waals surface area contributed by atoms with Crippen LogP contribution in [-0.4, -0.2) is 11.3 Å². The highest BCUT2D eigenvalue weighted by molar-refractivity contribution is 6.99. The van der Waals surface area contributed by atoms with Crippen molar-refractivity contribution in [3.05, 3.63) is 271 Å². The quantitative estimate of drug-likeness (QED) is 0.164. The van der Waals surface area contributed by atoms with Gasteiger partial charge in [0, 0.05) is 33.5 Å². The second-order valence-corrected chi connectivity index (χ2v) is 19.5. The van der Waals surface area contributed by atoms with Crippen LogP contribution in [0.1, 0.15) is 22.3 Å². The van der Waals surface area contributed by atoms with Gasteiger partial charge in [0.1, 0.15) is 11.5 Å². The molecule has 0 radical (unpaired) electrons. The third-order valence-electron chi connectivity index (χ3n) is 16.0. The molecule has 0 N–H and O–H groups in total. The van der Waals surface area contributed by atoms with Crippen molar-refractivity contribution in [1.29, 1.82) is 0 Å². The molecule has 1 atom stereocenters. The van der Waals surface area contributed by atoms with Crippen LogP contribution in [0.25, 0.3) is 72.0 Å². The number of nitrogens with zero attached hydrogens (tertiary/aromatic N) is 2. The average Bonchev–Trinajstić information content (AvgIpc) is 4.05. The summed E-state index contributed by atoms with van der Waals surface area (Å²) in [5.74, 6) is 1.79. The van der Waals surface area contributed by atoms with E-state index in [9.17, 15) is 0 Å². The maximum atomic E-state index is 7.55. The summed E-state index contributed by atoms with van der Waals surface area (Å²) in [5, 5.41) is 2.51. The number of hydrogen-bond acceptors (Lipinski definition) is 2. The van der Waals surface area contributed by atoms with Gasteiger partial charge in [0.2, 0.25) is 0 Å². The second-order valence-electron chi connectivity index (χ2n) is 19.5. The molecule has 328 valence electrons. The molecule has 0 bridgehead atoms. The third-order valence-corrected chi connectivity index (χ3v) is 16.0. The van der Waals surface area contributed by atoms with Crippen molar-refractivity contribution in [2.24, 2.45) is 0 Å². The van der Waals surface area contributed by atoms with E-state index in [1.165, 1.54) is 99.5 Å². The first-order valence-corrected chi connectivity index (χ1v) is 24.7. The Hall–Kier alpha value is -9.12. The number of anilines is 3. The molecule has 0 fully saturated rings. The normalized spacial score (nSPS) is 15.2. The number of aromatic nitrogens is 1. The first-order valence-electron chi connectivity index (χ1n) is 24.7. The zero-order chi connectivity index (χ0) is 46.4. The lowest BCUT2D eigenvalue weighted by molar-refractivity contribution is 0.486. The van der Waals surface area contributed by atoms with Crippen molar-refractivity contribution in [2.75, 3.05) is 4.90 Å². The standard InChI is InChI=1S/C67H41BN2O/c1-4-18-42(19-5-1)44-32-35-62-58(36-44)68-59-40-53-49-25-11-15-29-55(49)67(57(53)41-64(59)71-65-38-45(43-20-6-2-7-21-43)37-63(66(65)68)69(62)46-22-8-3-9-23-46)54-28-14-10-24-48(54)50-34-33-47(39-56(50)67)70-60-30-16-12-26-51(60)52-27-13-17-31-61(52)70/h1-41H. The Morgan fingerprint density at radius 1 is 0.338 bits per heavy atom. The van der Waals surface area contributed by atoms with Gasteiger partial charge in [-0.15, -0.1) is 0 Å². The zero-order valence-electron chi connectivity index (χ0n) is 38.6. The molecule has 0 amide bonds. The van der Waals surface area contributed by atoms with Gasteiger partial charge in [-0.05, 0) is 144 Å². The minimum atomic E-state index is -0.600. The lowest BCUT2D eigenvalue weighted by Gasteiger charge is -2.41. The summed E-state index contributed by atoms with van der Waals surface area (Å²) < 4.78 is 10.0. The molecule has 2 aliphatic heterocycles. The van der Waals surface area contributed by atoms with Gasteiger partial charge in [0.25, 0.3) is 6.71 Å². The summed E-state index contributed by atoms with van der Waals surface area (Å²) in [4.78, 5) is 2.46. The Kier molecular flexibility index (Phi) is 7.90. The molecule has 1 aromatic heterocycles. The third kappa shape index (κ3) is 5.23. The van der Waals surface area contributed by atoms with Crippen LogP contribution in [0.15, 0.2) is 249 Å². The lowest BCUT2D eigenvalue weighted by Crippen LogP contribution is -2.59. The van der Waals surface area contributed by atoms with Crippen molar-refractivity contribution >= 4 is 62.0 Å². The Labute approximate surface area is 412 Å². The number of fused-ring (bicyclic) bond motifs is 17. The predicted octanol–water partition coefficient (Wildman–Crippen LogP) is 14.9. The fraction of sp³-hybridized carbons (Fsp3) is 0.0149. The number of benzene rings is 11. The predicted molar refractivity (Wildman–Crippen MR) is 294 cm³/mol. The molecule has 0 saturated carbocycles. The Morgan fingerprint density at radius 2 is 0.915 bits per heavy atom. The lowest BCUT2D eigenvalue weighted by atomic mass is 9.34. The number of rotatable bonds is 4. The van der Waals surface area contributed by atoms with Crippen molar-refractivity contribution in [1.82, 2.24) is 4.57 Å². The molecule has 11 aromatic carbocycles. The molecular formula is C67H41BN2O. The SMILES string of the molecule is c1ccc(-c2ccc3c(c2)B2c4cc5c(cc4Oc4cc(-c6ccccc6)cc(c42)N3c2ccccc2)C2(c3ccccc3-c3ccc(-n4c6ccccc6c6ccccc64)cc32)c2ccccc2-5)cc1. The Balaban J connectivity index is 0.980. The number of para-hydroxylation sites is 3. The van der Waals surface area contributed by atoms with E-state index < -0.39 is 5.41 Å². The van der Waals surface area contributed by atoms with Gasteiger partial charge in [-0.1, -0.05) is 188 Å². The van der Waals surface area contributed by atoms with Gasteiger partial charge >= 0.3 is 0 Å². The van der Waals surface area contributed by atoms with E-state index in [1.807, 2.05) is 0 Å². The minimum Gasteiger partial charge on any atom is -0.458 e. The minimum absolute atomic E-state index is 0.105. The van der Waals surface area contributed by atoms with E-state index in [0.717, 1.165) is 39.7 Å².